The first-order chi connectivity index (χ1) is 14.9. The van der Waals surface area contributed by atoms with Crippen LogP contribution in [0.25, 0.3) is 11.3 Å². The second-order valence-electron chi connectivity index (χ2n) is 6.32. The second kappa shape index (κ2) is 8.43. The van der Waals surface area contributed by atoms with E-state index in [0.29, 0.717) is 12.1 Å². The van der Waals surface area contributed by atoms with Crippen molar-refractivity contribution >= 4 is 33.0 Å². The highest BCUT2D eigenvalue weighted by molar-refractivity contribution is 7.92. The summed E-state index contributed by atoms with van der Waals surface area (Å²) in [7, 11) is -4.52. The molecular weight excluding hydrogens is 480 g/mol. The van der Waals surface area contributed by atoms with Gasteiger partial charge in [0.05, 0.1) is 28.3 Å². The number of anilines is 1. The van der Waals surface area contributed by atoms with E-state index < -0.39 is 32.0 Å². The lowest BCUT2D eigenvalue weighted by Gasteiger charge is -2.14. The Labute approximate surface area is 183 Å². The molecule has 0 fully saturated rings. The first-order valence-electron chi connectivity index (χ1n) is 8.60. The van der Waals surface area contributed by atoms with Gasteiger partial charge in [0, 0.05) is 0 Å². The Morgan fingerprint density at radius 1 is 1.22 bits per heavy atom. The molecule has 1 amide bonds. The summed E-state index contributed by atoms with van der Waals surface area (Å²) in [5.74, 6) is -1.94. The minimum atomic E-state index is -5.69. The van der Waals surface area contributed by atoms with Crippen LogP contribution in [-0.2, 0) is 9.84 Å². The molecule has 2 aromatic carbocycles. The van der Waals surface area contributed by atoms with Gasteiger partial charge in [-0.15, -0.1) is 0 Å². The average molecular weight is 493 g/mol. The van der Waals surface area contributed by atoms with Gasteiger partial charge in [0.25, 0.3) is 15.7 Å². The zero-order valence-electron chi connectivity index (χ0n) is 16.3. The molecule has 1 N–H and O–H groups in total. The highest BCUT2D eigenvalue weighted by atomic mass is 35.5. The van der Waals surface area contributed by atoms with Crippen LogP contribution in [0, 0.1) is 12.7 Å². The van der Waals surface area contributed by atoms with Gasteiger partial charge >= 0.3 is 5.51 Å². The summed E-state index contributed by atoms with van der Waals surface area (Å²) in [6.07, 6.45) is 0. The van der Waals surface area contributed by atoms with Crippen LogP contribution in [0.3, 0.4) is 0 Å². The van der Waals surface area contributed by atoms with E-state index >= 15 is 0 Å². The summed E-state index contributed by atoms with van der Waals surface area (Å²) in [5.41, 5.74) is -6.67. The molecule has 7 nitrogen and oxygen atoms in total. The van der Waals surface area contributed by atoms with Crippen LogP contribution in [0.2, 0.25) is 5.02 Å². The van der Waals surface area contributed by atoms with Crippen LogP contribution in [0.1, 0.15) is 16.1 Å². The lowest BCUT2D eigenvalue weighted by molar-refractivity contribution is -0.0436. The molecule has 0 aliphatic carbocycles. The average Bonchev–Trinajstić information content (AvgIpc) is 3.08. The molecule has 32 heavy (non-hydrogen) atoms. The van der Waals surface area contributed by atoms with E-state index in [1.807, 2.05) is 0 Å². The summed E-state index contributed by atoms with van der Waals surface area (Å²) >= 11 is 6.02. The van der Waals surface area contributed by atoms with Crippen molar-refractivity contribution < 1.29 is 40.0 Å². The molecule has 0 aliphatic heterocycles. The molecule has 13 heteroatoms. The number of sulfone groups is 1. The number of nitrogens with zero attached hydrogens (tertiary/aromatic N) is 1. The number of aromatic nitrogens is 1. The van der Waals surface area contributed by atoms with Crippen molar-refractivity contribution in [2.45, 2.75) is 17.3 Å². The van der Waals surface area contributed by atoms with Crippen molar-refractivity contribution in [2.24, 2.45) is 0 Å². The summed E-state index contributed by atoms with van der Waals surface area (Å²) in [6, 6.07) is 6.01. The van der Waals surface area contributed by atoms with Gasteiger partial charge in [0.1, 0.15) is 28.6 Å². The van der Waals surface area contributed by atoms with Crippen molar-refractivity contribution in [2.75, 3.05) is 12.4 Å². The van der Waals surface area contributed by atoms with Crippen molar-refractivity contribution in [1.29, 1.82) is 0 Å². The van der Waals surface area contributed by atoms with Gasteiger partial charge in [0.15, 0.2) is 0 Å². The van der Waals surface area contributed by atoms with Crippen molar-refractivity contribution in [3.8, 4) is 17.0 Å². The molecule has 0 saturated carbocycles. The highest BCUT2D eigenvalue weighted by Gasteiger charge is 2.47. The molecule has 0 spiro atoms. The number of alkyl halides is 3. The summed E-state index contributed by atoms with van der Waals surface area (Å²) in [5, 5.41) is 5.86. The molecule has 0 saturated heterocycles. The van der Waals surface area contributed by atoms with Gasteiger partial charge in [-0.25, -0.2) is 12.8 Å². The third-order valence-electron chi connectivity index (χ3n) is 4.32. The molecular formula is C19H13ClF4N2O5S. The molecule has 170 valence electrons. The maximum absolute atomic E-state index is 14.3. The van der Waals surface area contributed by atoms with E-state index in [-0.39, 0.29) is 39.0 Å². The number of hydrogen-bond donors (Lipinski definition) is 1. The van der Waals surface area contributed by atoms with E-state index in [2.05, 4.69) is 10.5 Å². The SMILES string of the molecule is COc1ccc(S(=O)(=O)C(F)(F)F)cc1NC(=O)c1c(-c2c(F)cccc2Cl)noc1C. The van der Waals surface area contributed by atoms with Gasteiger partial charge in [-0.2, -0.15) is 13.2 Å². The number of carbonyl (C=O) groups excluding carboxylic acids is 1. The van der Waals surface area contributed by atoms with Crippen molar-refractivity contribution in [3.63, 3.8) is 0 Å². The number of nitrogens with one attached hydrogen (secondary N) is 1. The number of ether oxygens (including phenoxy) is 1. The molecule has 1 aromatic heterocycles. The highest BCUT2D eigenvalue weighted by Crippen LogP contribution is 2.37. The minimum absolute atomic E-state index is 0.0464. The normalized spacial score (nSPS) is 12.0. The minimum Gasteiger partial charge on any atom is -0.495 e. The number of hydrogen-bond acceptors (Lipinski definition) is 6. The van der Waals surface area contributed by atoms with Gasteiger partial charge in [-0.3, -0.25) is 4.79 Å². The number of rotatable bonds is 5. The lowest BCUT2D eigenvalue weighted by atomic mass is 10.0. The Kier molecular flexibility index (Phi) is 6.20. The first kappa shape index (κ1) is 23.5. The van der Waals surface area contributed by atoms with E-state index in [9.17, 15) is 30.8 Å². The molecule has 3 aromatic rings. The second-order valence-corrected chi connectivity index (χ2v) is 8.67. The van der Waals surface area contributed by atoms with E-state index in [4.69, 9.17) is 20.9 Å². The molecule has 0 atom stereocenters. The van der Waals surface area contributed by atoms with Gasteiger partial charge in [-0.1, -0.05) is 22.8 Å². The molecule has 0 bridgehead atoms. The Hall–Kier alpha value is -3.12. The van der Waals surface area contributed by atoms with Gasteiger partial charge < -0.3 is 14.6 Å². The number of carbonyl (C=O) groups is 1. The van der Waals surface area contributed by atoms with Crippen LogP contribution >= 0.6 is 11.6 Å². The van der Waals surface area contributed by atoms with Gasteiger partial charge in [0.2, 0.25) is 0 Å². The molecule has 0 unspecified atom stereocenters. The quantitative estimate of drug-likeness (QED) is 0.503. The Balaban J connectivity index is 2.08. The van der Waals surface area contributed by atoms with Crippen molar-refractivity contribution in [1.82, 2.24) is 5.16 Å². The lowest BCUT2D eigenvalue weighted by Crippen LogP contribution is -2.23. The maximum Gasteiger partial charge on any atom is 0.501 e. The topological polar surface area (TPSA) is 98.5 Å². The van der Waals surface area contributed by atoms with E-state index in [1.165, 1.54) is 19.1 Å². The Bertz CT molecular complexity index is 1290. The molecule has 0 aliphatic rings. The fraction of sp³-hybridized carbons (Fsp3) is 0.158. The number of amides is 1. The van der Waals surface area contributed by atoms with Crippen LogP contribution < -0.4 is 10.1 Å². The Morgan fingerprint density at radius 3 is 2.50 bits per heavy atom. The molecule has 3 rings (SSSR count). The van der Waals surface area contributed by atoms with Crippen LogP contribution in [0.4, 0.5) is 23.2 Å². The third kappa shape index (κ3) is 4.15. The summed E-state index contributed by atoms with van der Waals surface area (Å²) in [6.45, 7) is 1.35. The number of aryl methyl sites for hydroxylation is 1. The number of halogens is 5. The van der Waals surface area contributed by atoms with E-state index in [0.717, 1.165) is 19.2 Å². The van der Waals surface area contributed by atoms with Crippen LogP contribution in [0.5, 0.6) is 5.75 Å². The largest absolute Gasteiger partial charge is 0.501 e. The smallest absolute Gasteiger partial charge is 0.495 e. The third-order valence-corrected chi connectivity index (χ3v) is 6.12. The maximum atomic E-state index is 14.3. The zero-order valence-corrected chi connectivity index (χ0v) is 17.8. The van der Waals surface area contributed by atoms with Crippen molar-refractivity contribution in [3.05, 3.63) is 58.6 Å². The van der Waals surface area contributed by atoms with Crippen LogP contribution in [0.15, 0.2) is 45.8 Å². The monoisotopic (exact) mass is 492 g/mol. The number of benzene rings is 2. The fourth-order valence-electron chi connectivity index (χ4n) is 2.80. The molecule has 1 heterocycles. The predicted molar refractivity (Wildman–Crippen MR) is 106 cm³/mol. The van der Waals surface area contributed by atoms with Crippen LogP contribution in [-0.4, -0.2) is 32.1 Å². The standard InChI is InChI=1S/C19H13ClF4N2O5S/c1-9-15(17(26-31-9)16-11(20)4-3-5-12(16)21)18(27)25-13-8-10(6-7-14(13)30-2)32(28,29)19(22,23)24/h3-8H,1-2H3,(H,25,27). The fourth-order valence-corrected chi connectivity index (χ4v) is 3.84. The molecule has 0 radical (unpaired) electrons. The zero-order chi connectivity index (χ0) is 23.8. The summed E-state index contributed by atoms with van der Waals surface area (Å²) < 4.78 is 86.5. The number of methoxy groups -OCH3 is 1. The van der Waals surface area contributed by atoms with Gasteiger partial charge in [-0.05, 0) is 37.3 Å². The van der Waals surface area contributed by atoms with E-state index in [1.54, 1.807) is 0 Å². The summed E-state index contributed by atoms with van der Waals surface area (Å²) in [4.78, 5) is 11.8. The Morgan fingerprint density at radius 2 is 1.91 bits per heavy atom. The first-order valence-corrected chi connectivity index (χ1v) is 10.5. The predicted octanol–water partition coefficient (Wildman–Crippen LogP) is 5.00.